The number of ether oxygens (including phenoxy) is 1. The molecule has 2 heterocycles. The zero-order valence-corrected chi connectivity index (χ0v) is 26.3. The molecule has 0 spiro atoms. The Morgan fingerprint density at radius 3 is 2.42 bits per heavy atom. The van der Waals surface area contributed by atoms with E-state index in [1.54, 1.807) is 11.8 Å². The minimum absolute atomic E-state index is 0.314. The number of hydrogen-bond donors (Lipinski definition) is 1. The number of benzene rings is 3. The average Bonchev–Trinajstić information content (AvgIpc) is 3.66. The maximum atomic E-state index is 13.0. The lowest BCUT2D eigenvalue weighted by atomic mass is 9.99. The maximum Gasteiger partial charge on any atom is 0.573 e. The van der Waals surface area contributed by atoms with Gasteiger partial charge >= 0.3 is 12.4 Å². The lowest BCUT2D eigenvalue weighted by molar-refractivity contribution is -0.274. The molecule has 0 atom stereocenters. The number of anilines is 1. The van der Waals surface area contributed by atoms with Gasteiger partial charge in [-0.1, -0.05) is 62.0 Å². The fourth-order valence-electron chi connectivity index (χ4n) is 4.87. The Bertz CT molecular complexity index is 1750. The average molecular weight is 635 g/mol. The molecule has 3 aromatic carbocycles. The van der Waals surface area contributed by atoms with Crippen LogP contribution in [0.3, 0.4) is 0 Å². The maximum absolute atomic E-state index is 13.0. The number of hydrogen-bond acceptors (Lipinski definition) is 5. The third-order valence-electron chi connectivity index (χ3n) is 7.33. The van der Waals surface area contributed by atoms with Crippen molar-refractivity contribution >= 4 is 34.2 Å². The molecule has 4 aromatic rings. The van der Waals surface area contributed by atoms with Crippen LogP contribution in [0, 0.1) is 6.92 Å². The zero-order chi connectivity index (χ0) is 32.3. The summed E-state index contributed by atoms with van der Waals surface area (Å²) in [5.74, 6) is 1.34. The quantitative estimate of drug-likeness (QED) is 0.220. The van der Waals surface area contributed by atoms with Crippen LogP contribution in [0.4, 0.5) is 23.7 Å². The topological polar surface area (TPSA) is 84.6 Å². The monoisotopic (exact) mass is 634 g/mol. The highest BCUT2D eigenvalue weighted by molar-refractivity contribution is 8.14. The zero-order valence-electron chi connectivity index (χ0n) is 25.5. The summed E-state index contributed by atoms with van der Waals surface area (Å²) in [4.78, 5) is 23.9. The molecular formula is C33H33F3N6O2S. The molecule has 12 heteroatoms. The minimum atomic E-state index is -4.75. The molecule has 1 aromatic heterocycles. The molecule has 1 saturated heterocycles. The smallest absolute Gasteiger partial charge is 0.406 e. The van der Waals surface area contributed by atoms with E-state index in [1.807, 2.05) is 38.1 Å². The number of halogens is 3. The largest absolute Gasteiger partial charge is 0.573 e. The number of allylic oxidation sites excluding steroid dienone is 2. The molecule has 1 fully saturated rings. The Morgan fingerprint density at radius 1 is 1.04 bits per heavy atom. The predicted molar refractivity (Wildman–Crippen MR) is 173 cm³/mol. The molecule has 2 amide bonds. The Balaban J connectivity index is 1.26. The molecule has 0 aliphatic carbocycles. The predicted octanol–water partition coefficient (Wildman–Crippen LogP) is 8.33. The van der Waals surface area contributed by atoms with Crippen LogP contribution in [0.25, 0.3) is 22.6 Å². The fraction of sp³-hybridized carbons (Fsp3) is 0.273. The van der Waals surface area contributed by atoms with Gasteiger partial charge < -0.3 is 15.0 Å². The summed E-state index contributed by atoms with van der Waals surface area (Å²) in [6.07, 6.45) is -3.27. The Kier molecular flexibility index (Phi) is 9.33. The van der Waals surface area contributed by atoms with Gasteiger partial charge in [0.05, 0.1) is 5.69 Å². The number of urea groups is 1. The van der Waals surface area contributed by atoms with Gasteiger partial charge in [-0.15, -0.1) is 18.3 Å². The van der Waals surface area contributed by atoms with Gasteiger partial charge in [0.1, 0.15) is 12.1 Å². The van der Waals surface area contributed by atoms with E-state index in [9.17, 15) is 18.0 Å². The van der Waals surface area contributed by atoms with E-state index >= 15 is 0 Å². The number of aryl methyl sites for hydroxylation is 1. The summed E-state index contributed by atoms with van der Waals surface area (Å²) < 4.78 is 42.7. The van der Waals surface area contributed by atoms with Gasteiger partial charge in [-0.25, -0.2) is 14.5 Å². The number of rotatable bonds is 7. The summed E-state index contributed by atoms with van der Waals surface area (Å²) in [7, 11) is 0. The second-order valence-electron chi connectivity index (χ2n) is 10.9. The minimum Gasteiger partial charge on any atom is -0.406 e. The summed E-state index contributed by atoms with van der Waals surface area (Å²) in [6, 6.07) is 18.9. The van der Waals surface area contributed by atoms with Crippen molar-refractivity contribution in [2.75, 3.05) is 17.2 Å². The first-order valence-corrected chi connectivity index (χ1v) is 15.3. The molecule has 1 aliphatic rings. The van der Waals surface area contributed by atoms with Crippen molar-refractivity contribution in [3.63, 3.8) is 0 Å². The standard InChI is InChI=1S/C33H33F3N6O2S/c1-20(2)28-15-6-21(3)18-29(28)41-16-17-45-32(41)39-31(43)38-23(5)22(4)24-7-9-25(10-8-24)30-37-19-42(40-30)26-11-13-27(14-12-26)44-33(34,35)36/h6-15,18-20H,16-17H2,1-5H3,(H,38,43)/b23-22+,39-32-. The highest BCUT2D eigenvalue weighted by Crippen LogP contribution is 2.33. The van der Waals surface area contributed by atoms with E-state index in [0.717, 1.165) is 40.2 Å². The Labute approximate surface area is 264 Å². The van der Waals surface area contributed by atoms with Crippen molar-refractivity contribution in [2.45, 2.75) is 46.9 Å². The van der Waals surface area contributed by atoms with Crippen LogP contribution >= 0.6 is 11.8 Å². The van der Waals surface area contributed by atoms with Gasteiger partial charge in [0.2, 0.25) is 0 Å². The molecule has 5 rings (SSSR count). The number of nitrogens with one attached hydrogen (secondary N) is 1. The summed E-state index contributed by atoms with van der Waals surface area (Å²) in [5.41, 5.74) is 7.24. The van der Waals surface area contributed by atoms with Crippen molar-refractivity contribution in [2.24, 2.45) is 4.99 Å². The number of carbonyl (C=O) groups is 1. The van der Waals surface area contributed by atoms with Crippen molar-refractivity contribution in [3.05, 3.63) is 95.4 Å². The number of alkyl halides is 3. The molecular weight excluding hydrogens is 601 g/mol. The van der Waals surface area contributed by atoms with E-state index in [0.29, 0.717) is 28.3 Å². The fourth-order valence-corrected chi connectivity index (χ4v) is 5.82. The second-order valence-corrected chi connectivity index (χ2v) is 12.0. The number of amidine groups is 1. The van der Waals surface area contributed by atoms with Crippen molar-refractivity contribution in [1.82, 2.24) is 20.1 Å². The number of amides is 2. The van der Waals surface area contributed by atoms with Crippen LogP contribution in [0.1, 0.15) is 50.3 Å². The third-order valence-corrected chi connectivity index (χ3v) is 8.29. The third kappa shape index (κ3) is 7.75. The number of thioether (sulfide) groups is 1. The van der Waals surface area contributed by atoms with Crippen LogP contribution < -0.4 is 15.0 Å². The van der Waals surface area contributed by atoms with Crippen molar-refractivity contribution < 1.29 is 22.7 Å². The lowest BCUT2D eigenvalue weighted by Gasteiger charge is -2.23. The van der Waals surface area contributed by atoms with E-state index in [4.69, 9.17) is 0 Å². The van der Waals surface area contributed by atoms with Crippen LogP contribution in [0.5, 0.6) is 5.75 Å². The summed E-state index contributed by atoms with van der Waals surface area (Å²) >= 11 is 1.57. The summed E-state index contributed by atoms with van der Waals surface area (Å²) in [6.45, 7) is 10.9. The van der Waals surface area contributed by atoms with Crippen LogP contribution in [0.2, 0.25) is 0 Å². The first-order chi connectivity index (χ1) is 21.4. The first kappa shape index (κ1) is 31.8. The van der Waals surface area contributed by atoms with Crippen LogP contribution in [0.15, 0.2) is 83.7 Å². The number of aromatic nitrogens is 3. The molecule has 0 radical (unpaired) electrons. The molecule has 0 bridgehead atoms. The van der Waals surface area contributed by atoms with E-state index in [1.165, 1.54) is 40.8 Å². The Hall–Kier alpha value is -4.58. The second kappa shape index (κ2) is 13.2. The molecule has 0 unspecified atom stereocenters. The first-order valence-electron chi connectivity index (χ1n) is 14.3. The number of carbonyl (C=O) groups excluding carboxylic acids is 1. The lowest BCUT2D eigenvalue weighted by Crippen LogP contribution is -2.28. The van der Waals surface area contributed by atoms with Gasteiger partial charge in [-0.3, -0.25) is 0 Å². The summed E-state index contributed by atoms with van der Waals surface area (Å²) in [5, 5.41) is 8.06. The molecule has 0 saturated carbocycles. The van der Waals surface area contributed by atoms with Gasteiger partial charge in [-0.2, -0.15) is 4.99 Å². The van der Waals surface area contributed by atoms with Gasteiger partial charge in [-0.05, 0) is 79.3 Å². The van der Waals surface area contributed by atoms with Gasteiger partial charge in [0.15, 0.2) is 11.0 Å². The Morgan fingerprint density at radius 2 is 1.76 bits per heavy atom. The van der Waals surface area contributed by atoms with Crippen LogP contribution in [-0.4, -0.2) is 44.6 Å². The van der Waals surface area contributed by atoms with Crippen molar-refractivity contribution in [3.8, 4) is 22.8 Å². The molecule has 1 aliphatic heterocycles. The van der Waals surface area contributed by atoms with Gasteiger partial charge in [0.25, 0.3) is 0 Å². The SMILES string of the molecule is C/C(NC(=O)/N=C1\SCCN1c1cc(C)ccc1C(C)C)=C(/C)c1ccc(-c2ncn(-c3ccc(OC(F)(F)F)cc3)n2)cc1. The van der Waals surface area contributed by atoms with E-state index in [2.05, 4.69) is 69.0 Å². The van der Waals surface area contributed by atoms with E-state index < -0.39 is 12.4 Å². The number of nitrogens with zero attached hydrogens (tertiary/aromatic N) is 5. The highest BCUT2D eigenvalue weighted by atomic mass is 32.2. The highest BCUT2D eigenvalue weighted by Gasteiger charge is 2.31. The van der Waals surface area contributed by atoms with Gasteiger partial charge in [0, 0.05) is 29.2 Å². The normalized spacial score (nSPS) is 15.0. The number of aliphatic imine (C=N–C) groups is 1. The molecule has 1 N–H and O–H groups in total. The molecule has 234 valence electrons. The van der Waals surface area contributed by atoms with Crippen molar-refractivity contribution in [1.29, 1.82) is 0 Å². The van der Waals surface area contributed by atoms with Crippen LogP contribution in [-0.2, 0) is 0 Å². The van der Waals surface area contributed by atoms with E-state index in [-0.39, 0.29) is 5.75 Å². The molecule has 45 heavy (non-hydrogen) atoms. The molecule has 8 nitrogen and oxygen atoms in total.